The van der Waals surface area contributed by atoms with E-state index in [1.54, 1.807) is 55.5 Å². The van der Waals surface area contributed by atoms with Crippen LogP contribution in [0.1, 0.15) is 12.5 Å². The zero-order valence-electron chi connectivity index (χ0n) is 24.1. The molecule has 0 aliphatic rings. The van der Waals surface area contributed by atoms with Crippen molar-refractivity contribution in [1.29, 1.82) is 0 Å². The summed E-state index contributed by atoms with van der Waals surface area (Å²) in [7, 11) is -8.10. The van der Waals surface area contributed by atoms with Crippen LogP contribution in [0.3, 0.4) is 0 Å². The molecule has 0 saturated heterocycles. The molecule has 0 aliphatic heterocycles. The predicted molar refractivity (Wildman–Crippen MR) is 173 cm³/mol. The fourth-order valence-corrected chi connectivity index (χ4v) is 7.16. The standard InChI is InChI=1S/C33H31N3O6S2/c1-3-42-32-14-7-6-13-31(32)36(44(40,41)28-19-15-24(2)16-20-28)23-33(37)34-26-17-21-27(22-18-26)43(38,39)35-30-12-8-10-25-9-4-5-11-29(25)30/h4-22,35H,3,23H2,1-2H3,(H,34,37). The van der Waals surface area contributed by atoms with Gasteiger partial charge in [-0.05, 0) is 73.8 Å². The third-order valence-electron chi connectivity index (χ3n) is 6.81. The first-order valence-corrected chi connectivity index (χ1v) is 16.7. The summed E-state index contributed by atoms with van der Waals surface area (Å²) in [6.45, 7) is 3.38. The smallest absolute Gasteiger partial charge is 0.264 e. The summed E-state index contributed by atoms with van der Waals surface area (Å²) in [6.07, 6.45) is 0. The summed E-state index contributed by atoms with van der Waals surface area (Å²) in [6, 6.07) is 31.4. The van der Waals surface area contributed by atoms with Crippen molar-refractivity contribution in [2.75, 3.05) is 27.5 Å². The molecule has 1 amide bonds. The molecular weight excluding hydrogens is 599 g/mol. The number of ether oxygens (including phenoxy) is 1. The molecule has 0 heterocycles. The Morgan fingerprint density at radius 3 is 2.11 bits per heavy atom. The number of aryl methyl sites for hydroxylation is 1. The number of nitrogens with zero attached hydrogens (tertiary/aromatic N) is 1. The van der Waals surface area contributed by atoms with E-state index in [9.17, 15) is 21.6 Å². The van der Waals surface area contributed by atoms with E-state index in [0.717, 1.165) is 20.6 Å². The van der Waals surface area contributed by atoms with Gasteiger partial charge in [-0.15, -0.1) is 0 Å². The molecule has 0 atom stereocenters. The van der Waals surface area contributed by atoms with E-state index in [2.05, 4.69) is 10.0 Å². The minimum absolute atomic E-state index is 0.00218. The van der Waals surface area contributed by atoms with Gasteiger partial charge in [0.05, 0.1) is 27.8 Å². The Morgan fingerprint density at radius 2 is 1.39 bits per heavy atom. The summed E-state index contributed by atoms with van der Waals surface area (Å²) in [5.41, 5.74) is 1.85. The van der Waals surface area contributed by atoms with Crippen LogP contribution < -0.4 is 19.1 Å². The van der Waals surface area contributed by atoms with Crippen LogP contribution in [0.15, 0.2) is 125 Å². The number of hydrogen-bond donors (Lipinski definition) is 2. The fourth-order valence-electron chi connectivity index (χ4n) is 4.64. The number of para-hydroxylation sites is 2. The molecule has 0 unspecified atom stereocenters. The average Bonchev–Trinajstić information content (AvgIpc) is 3.01. The van der Waals surface area contributed by atoms with Gasteiger partial charge in [0, 0.05) is 11.1 Å². The monoisotopic (exact) mass is 629 g/mol. The average molecular weight is 630 g/mol. The van der Waals surface area contributed by atoms with E-state index in [1.807, 2.05) is 37.3 Å². The van der Waals surface area contributed by atoms with Crippen LogP contribution in [0.5, 0.6) is 5.75 Å². The third-order valence-corrected chi connectivity index (χ3v) is 9.97. The maximum absolute atomic E-state index is 13.8. The minimum Gasteiger partial charge on any atom is -0.492 e. The number of rotatable bonds is 11. The van der Waals surface area contributed by atoms with Crippen molar-refractivity contribution in [1.82, 2.24) is 0 Å². The van der Waals surface area contributed by atoms with E-state index < -0.39 is 32.5 Å². The second kappa shape index (κ2) is 12.8. The molecule has 0 radical (unpaired) electrons. The highest BCUT2D eigenvalue weighted by molar-refractivity contribution is 7.93. The molecule has 9 nitrogen and oxygen atoms in total. The molecule has 5 rings (SSSR count). The fraction of sp³-hybridized carbons (Fsp3) is 0.121. The molecule has 0 bridgehead atoms. The summed E-state index contributed by atoms with van der Waals surface area (Å²) in [5, 5.41) is 4.34. The topological polar surface area (TPSA) is 122 Å². The van der Waals surface area contributed by atoms with E-state index in [1.165, 1.54) is 36.4 Å². The molecule has 226 valence electrons. The normalized spacial score (nSPS) is 11.6. The largest absolute Gasteiger partial charge is 0.492 e. The first kappa shape index (κ1) is 30.6. The lowest BCUT2D eigenvalue weighted by Gasteiger charge is -2.26. The lowest BCUT2D eigenvalue weighted by atomic mass is 10.1. The van der Waals surface area contributed by atoms with Crippen LogP contribution in [-0.2, 0) is 24.8 Å². The van der Waals surface area contributed by atoms with Crippen molar-refractivity contribution in [3.63, 3.8) is 0 Å². The molecule has 0 aliphatic carbocycles. The number of anilines is 3. The van der Waals surface area contributed by atoms with Crippen molar-refractivity contribution < 1.29 is 26.4 Å². The maximum atomic E-state index is 13.8. The summed E-state index contributed by atoms with van der Waals surface area (Å²) in [5.74, 6) is -0.316. The van der Waals surface area contributed by atoms with Gasteiger partial charge in [0.15, 0.2) is 0 Å². The van der Waals surface area contributed by atoms with Gasteiger partial charge in [0.1, 0.15) is 12.3 Å². The van der Waals surface area contributed by atoms with Crippen molar-refractivity contribution in [2.45, 2.75) is 23.6 Å². The molecule has 0 aromatic heterocycles. The third kappa shape index (κ3) is 6.69. The van der Waals surface area contributed by atoms with Gasteiger partial charge in [-0.2, -0.15) is 0 Å². The van der Waals surface area contributed by atoms with Gasteiger partial charge in [-0.25, -0.2) is 16.8 Å². The van der Waals surface area contributed by atoms with Gasteiger partial charge in [-0.1, -0.05) is 66.2 Å². The number of fused-ring (bicyclic) bond motifs is 1. The Morgan fingerprint density at radius 1 is 0.750 bits per heavy atom. The molecule has 0 saturated carbocycles. The van der Waals surface area contributed by atoms with Gasteiger partial charge in [0.25, 0.3) is 20.0 Å². The van der Waals surface area contributed by atoms with Crippen LogP contribution in [0.25, 0.3) is 10.8 Å². The highest BCUT2D eigenvalue weighted by Gasteiger charge is 2.29. The molecule has 5 aromatic rings. The van der Waals surface area contributed by atoms with Crippen LogP contribution in [0.2, 0.25) is 0 Å². The Hall–Kier alpha value is -4.87. The van der Waals surface area contributed by atoms with E-state index in [-0.39, 0.29) is 15.5 Å². The van der Waals surface area contributed by atoms with Crippen molar-refractivity contribution in [3.8, 4) is 5.75 Å². The molecule has 44 heavy (non-hydrogen) atoms. The number of hydrogen-bond acceptors (Lipinski definition) is 6. The Bertz CT molecular complexity index is 2010. The summed E-state index contributed by atoms with van der Waals surface area (Å²) >= 11 is 0. The Labute approximate surface area is 257 Å². The van der Waals surface area contributed by atoms with Crippen LogP contribution in [0, 0.1) is 6.92 Å². The van der Waals surface area contributed by atoms with Crippen LogP contribution in [-0.4, -0.2) is 35.9 Å². The minimum atomic E-state index is -4.17. The highest BCUT2D eigenvalue weighted by atomic mass is 32.2. The van der Waals surface area contributed by atoms with E-state index in [0.29, 0.717) is 23.7 Å². The van der Waals surface area contributed by atoms with Crippen LogP contribution >= 0.6 is 0 Å². The molecule has 5 aromatic carbocycles. The Kier molecular flexibility index (Phi) is 8.88. The zero-order valence-corrected chi connectivity index (χ0v) is 25.7. The summed E-state index contributed by atoms with van der Waals surface area (Å²) in [4.78, 5) is 13.3. The Balaban J connectivity index is 1.37. The quantitative estimate of drug-likeness (QED) is 0.180. The second-order valence-corrected chi connectivity index (χ2v) is 13.5. The number of carbonyl (C=O) groups excluding carboxylic acids is 1. The van der Waals surface area contributed by atoms with Gasteiger partial charge >= 0.3 is 0 Å². The van der Waals surface area contributed by atoms with Crippen molar-refractivity contribution >= 4 is 53.8 Å². The first-order chi connectivity index (χ1) is 21.1. The van der Waals surface area contributed by atoms with Crippen molar-refractivity contribution in [2.24, 2.45) is 0 Å². The van der Waals surface area contributed by atoms with Crippen LogP contribution in [0.4, 0.5) is 17.1 Å². The molecule has 2 N–H and O–H groups in total. The highest BCUT2D eigenvalue weighted by Crippen LogP contribution is 2.33. The van der Waals surface area contributed by atoms with E-state index >= 15 is 0 Å². The predicted octanol–water partition coefficient (Wildman–Crippen LogP) is 6.18. The maximum Gasteiger partial charge on any atom is 0.264 e. The number of nitrogens with one attached hydrogen (secondary N) is 2. The molecule has 0 fully saturated rings. The van der Waals surface area contributed by atoms with Gasteiger partial charge in [-0.3, -0.25) is 13.8 Å². The first-order valence-electron chi connectivity index (χ1n) is 13.8. The lowest BCUT2D eigenvalue weighted by Crippen LogP contribution is -2.38. The second-order valence-electron chi connectivity index (χ2n) is 9.93. The molecule has 11 heteroatoms. The van der Waals surface area contributed by atoms with E-state index in [4.69, 9.17) is 4.74 Å². The molecule has 0 spiro atoms. The van der Waals surface area contributed by atoms with Gasteiger partial charge < -0.3 is 10.1 Å². The lowest BCUT2D eigenvalue weighted by molar-refractivity contribution is -0.114. The number of sulfonamides is 2. The number of benzene rings is 5. The zero-order chi connectivity index (χ0) is 31.3. The summed E-state index contributed by atoms with van der Waals surface area (Å²) < 4.78 is 63.2. The number of carbonyl (C=O) groups is 1. The van der Waals surface area contributed by atoms with Crippen molar-refractivity contribution in [3.05, 3.63) is 121 Å². The van der Waals surface area contributed by atoms with Gasteiger partial charge in [0.2, 0.25) is 5.91 Å². The molecular formula is C33H31N3O6S2. The number of amides is 1. The SMILES string of the molecule is CCOc1ccccc1N(CC(=O)Nc1ccc(S(=O)(=O)Nc2cccc3ccccc23)cc1)S(=O)(=O)c1ccc(C)cc1.